The fourth-order valence-corrected chi connectivity index (χ4v) is 9.33. The zero-order valence-corrected chi connectivity index (χ0v) is 20.7. The third kappa shape index (κ3) is 3.37. The minimum atomic E-state index is -3.71. The predicted molar refractivity (Wildman–Crippen MR) is 135 cm³/mol. The first kappa shape index (κ1) is 23.0. The summed E-state index contributed by atoms with van der Waals surface area (Å²) in [7, 11) is -3.71. The number of aliphatic imine (C=N–C) groups is 1. The number of carbonyl (C=O) groups is 1. The van der Waals surface area contributed by atoms with Gasteiger partial charge in [-0.2, -0.15) is 0 Å². The highest BCUT2D eigenvalue weighted by Gasteiger charge is 2.72. The highest BCUT2D eigenvalue weighted by molar-refractivity contribution is 7.90. The molecule has 5 nitrogen and oxygen atoms in total. The topological polar surface area (TPSA) is 66.8 Å². The SMILES string of the molecule is C=CC[C@H](N=C(c1ccccc1)c1ccccc1)C(=O)N1[C@H]2C[C@H]3CC[C@]2(CS1(=O)=O)C3(C)C. The van der Waals surface area contributed by atoms with Crippen LogP contribution in [0, 0.1) is 16.7 Å². The molecule has 34 heavy (non-hydrogen) atoms. The second kappa shape index (κ2) is 8.19. The molecule has 1 saturated heterocycles. The molecular weight excluding hydrogens is 444 g/mol. The molecule has 0 unspecified atom stereocenters. The molecule has 1 heterocycles. The summed E-state index contributed by atoms with van der Waals surface area (Å²) >= 11 is 0. The number of sulfonamides is 1. The van der Waals surface area contributed by atoms with E-state index in [0.717, 1.165) is 30.4 Å². The minimum Gasteiger partial charge on any atom is -0.271 e. The van der Waals surface area contributed by atoms with Gasteiger partial charge in [0.25, 0.3) is 5.91 Å². The molecule has 4 atom stereocenters. The van der Waals surface area contributed by atoms with E-state index in [-0.39, 0.29) is 29.0 Å². The van der Waals surface area contributed by atoms with Crippen LogP contribution in [0.1, 0.15) is 50.7 Å². The molecule has 1 spiro atoms. The van der Waals surface area contributed by atoms with Crippen molar-refractivity contribution in [2.45, 2.75) is 51.6 Å². The molecule has 2 bridgehead atoms. The highest BCUT2D eigenvalue weighted by atomic mass is 32.2. The lowest BCUT2D eigenvalue weighted by atomic mass is 9.69. The smallest absolute Gasteiger partial charge is 0.261 e. The molecule has 1 amide bonds. The first-order valence-electron chi connectivity index (χ1n) is 12.1. The standard InChI is InChI=1S/C28H32N2O3S/c1-4-11-23(29-25(20-12-7-5-8-13-20)21-14-9-6-10-15-21)26(31)30-24-18-22-16-17-28(24,27(22,2)3)19-34(30,32)33/h4-10,12-15,22-24H,1,11,16-19H2,2-3H3/t22-,23+,24+,28-/m1/s1. The maximum atomic E-state index is 14.0. The van der Waals surface area contributed by atoms with E-state index in [4.69, 9.17) is 4.99 Å². The molecule has 5 rings (SSSR count). The van der Waals surface area contributed by atoms with Gasteiger partial charge in [-0.3, -0.25) is 9.79 Å². The lowest BCUT2D eigenvalue weighted by Gasteiger charge is -2.37. The summed E-state index contributed by atoms with van der Waals surface area (Å²) in [5.74, 6) is 0.0950. The van der Waals surface area contributed by atoms with Gasteiger partial charge in [-0.15, -0.1) is 6.58 Å². The van der Waals surface area contributed by atoms with Crippen molar-refractivity contribution >= 4 is 21.6 Å². The van der Waals surface area contributed by atoms with Crippen molar-refractivity contribution in [3.05, 3.63) is 84.4 Å². The van der Waals surface area contributed by atoms with E-state index in [1.54, 1.807) is 6.08 Å². The maximum Gasteiger partial charge on any atom is 0.261 e. The van der Waals surface area contributed by atoms with Gasteiger partial charge >= 0.3 is 0 Å². The van der Waals surface area contributed by atoms with Crippen LogP contribution in [0.15, 0.2) is 78.3 Å². The second-order valence-electron chi connectivity index (χ2n) is 10.5. The van der Waals surface area contributed by atoms with E-state index in [0.29, 0.717) is 11.6 Å². The van der Waals surface area contributed by atoms with E-state index in [1.807, 2.05) is 60.7 Å². The average Bonchev–Trinajstić information content (AvgIpc) is 3.30. The monoisotopic (exact) mass is 476 g/mol. The zero-order chi connectivity index (χ0) is 24.1. The Bertz CT molecular complexity index is 1200. The molecule has 2 aliphatic carbocycles. The Morgan fingerprint density at radius 2 is 1.71 bits per heavy atom. The Morgan fingerprint density at radius 1 is 1.12 bits per heavy atom. The summed E-state index contributed by atoms with van der Waals surface area (Å²) in [6.45, 7) is 8.22. The summed E-state index contributed by atoms with van der Waals surface area (Å²) in [4.78, 5) is 18.9. The number of benzene rings is 2. The Hall–Kier alpha value is -2.73. The van der Waals surface area contributed by atoms with E-state index < -0.39 is 22.0 Å². The van der Waals surface area contributed by atoms with Gasteiger partial charge in [-0.1, -0.05) is 80.6 Å². The lowest BCUT2D eigenvalue weighted by molar-refractivity contribution is -0.130. The van der Waals surface area contributed by atoms with Crippen LogP contribution in [-0.4, -0.2) is 42.2 Å². The van der Waals surface area contributed by atoms with Crippen molar-refractivity contribution in [3.63, 3.8) is 0 Å². The van der Waals surface area contributed by atoms with E-state index in [9.17, 15) is 13.2 Å². The number of hydrogen-bond donors (Lipinski definition) is 0. The lowest BCUT2D eigenvalue weighted by Crippen LogP contribution is -2.47. The van der Waals surface area contributed by atoms with Crippen LogP contribution >= 0.6 is 0 Å². The maximum absolute atomic E-state index is 14.0. The molecule has 0 aromatic heterocycles. The summed E-state index contributed by atoms with van der Waals surface area (Å²) in [5, 5.41) is 0. The number of nitrogens with zero attached hydrogens (tertiary/aromatic N) is 2. The van der Waals surface area contributed by atoms with Crippen LogP contribution in [0.25, 0.3) is 0 Å². The number of fused-ring (bicyclic) bond motifs is 1. The first-order chi connectivity index (χ1) is 16.2. The zero-order valence-electron chi connectivity index (χ0n) is 19.9. The number of rotatable bonds is 6. The fraction of sp³-hybridized carbons (Fsp3) is 0.429. The highest BCUT2D eigenvalue weighted by Crippen LogP contribution is 2.70. The third-order valence-electron chi connectivity index (χ3n) is 8.68. The van der Waals surface area contributed by atoms with Gasteiger partial charge in [0, 0.05) is 16.5 Å². The fourth-order valence-electron chi connectivity index (χ4n) is 6.76. The molecule has 2 saturated carbocycles. The molecule has 178 valence electrons. The van der Waals surface area contributed by atoms with Gasteiger partial charge in [0.05, 0.1) is 17.5 Å². The Labute approximate surface area is 202 Å². The Morgan fingerprint density at radius 3 is 2.24 bits per heavy atom. The van der Waals surface area contributed by atoms with Crippen molar-refractivity contribution < 1.29 is 13.2 Å². The van der Waals surface area contributed by atoms with Crippen LogP contribution in [-0.2, 0) is 14.8 Å². The van der Waals surface area contributed by atoms with Crippen molar-refractivity contribution in [2.75, 3.05) is 5.75 Å². The largest absolute Gasteiger partial charge is 0.271 e. The molecular formula is C28H32N2O3S. The third-order valence-corrected chi connectivity index (χ3v) is 10.6. The van der Waals surface area contributed by atoms with Crippen LogP contribution < -0.4 is 0 Å². The summed E-state index contributed by atoms with van der Waals surface area (Å²) in [6.07, 6.45) is 4.60. The predicted octanol–water partition coefficient (Wildman–Crippen LogP) is 4.84. The number of carbonyl (C=O) groups excluding carboxylic acids is 1. The Balaban J connectivity index is 1.57. The van der Waals surface area contributed by atoms with Gasteiger partial charge < -0.3 is 0 Å². The van der Waals surface area contributed by atoms with E-state index in [2.05, 4.69) is 20.4 Å². The van der Waals surface area contributed by atoms with E-state index in [1.165, 1.54) is 4.31 Å². The molecule has 0 radical (unpaired) electrons. The molecule has 6 heteroatoms. The summed E-state index contributed by atoms with van der Waals surface area (Å²) in [5.41, 5.74) is 2.02. The van der Waals surface area contributed by atoms with E-state index >= 15 is 0 Å². The van der Waals surface area contributed by atoms with Crippen LogP contribution in [0.4, 0.5) is 0 Å². The molecule has 0 N–H and O–H groups in total. The average molecular weight is 477 g/mol. The van der Waals surface area contributed by atoms with Gasteiger partial charge in [0.15, 0.2) is 0 Å². The quantitative estimate of drug-likeness (QED) is 0.443. The van der Waals surface area contributed by atoms with Crippen LogP contribution in [0.3, 0.4) is 0 Å². The molecule has 3 fully saturated rings. The van der Waals surface area contributed by atoms with Crippen molar-refractivity contribution in [3.8, 4) is 0 Å². The second-order valence-corrected chi connectivity index (χ2v) is 12.4. The molecule has 2 aromatic carbocycles. The summed E-state index contributed by atoms with van der Waals surface area (Å²) < 4.78 is 28.1. The van der Waals surface area contributed by atoms with Gasteiger partial charge in [-0.05, 0) is 37.0 Å². The summed E-state index contributed by atoms with van der Waals surface area (Å²) in [6, 6.07) is 18.3. The molecule has 1 aliphatic heterocycles. The van der Waals surface area contributed by atoms with Crippen LogP contribution in [0.5, 0.6) is 0 Å². The first-order valence-corrected chi connectivity index (χ1v) is 13.7. The molecule has 2 aromatic rings. The number of amides is 1. The van der Waals surface area contributed by atoms with Crippen LogP contribution in [0.2, 0.25) is 0 Å². The van der Waals surface area contributed by atoms with Crippen molar-refractivity contribution in [1.82, 2.24) is 4.31 Å². The van der Waals surface area contributed by atoms with Gasteiger partial charge in [0.2, 0.25) is 10.0 Å². The van der Waals surface area contributed by atoms with Gasteiger partial charge in [0.1, 0.15) is 6.04 Å². The molecule has 3 aliphatic rings. The van der Waals surface area contributed by atoms with Crippen molar-refractivity contribution in [2.24, 2.45) is 21.7 Å². The number of hydrogen-bond acceptors (Lipinski definition) is 4. The normalized spacial score (nSPS) is 28.8. The minimum absolute atomic E-state index is 0.0641. The Kier molecular flexibility index (Phi) is 5.55. The van der Waals surface area contributed by atoms with Gasteiger partial charge in [-0.25, -0.2) is 12.7 Å². The van der Waals surface area contributed by atoms with Crippen molar-refractivity contribution in [1.29, 1.82) is 0 Å².